The Bertz CT molecular complexity index is 776. The van der Waals surface area contributed by atoms with Crippen LogP contribution in [0.15, 0.2) is 11.6 Å². The summed E-state index contributed by atoms with van der Waals surface area (Å²) in [7, 11) is 0. The Morgan fingerprint density at radius 2 is 1.83 bits per heavy atom. The summed E-state index contributed by atoms with van der Waals surface area (Å²) in [4.78, 5) is 52.0. The number of rotatable bonds is 2. The highest BCUT2D eigenvalue weighted by atomic mass is 16.6. The van der Waals surface area contributed by atoms with E-state index in [0.29, 0.717) is 13.0 Å². The molecule has 0 aromatic carbocycles. The molecule has 0 amide bonds. The van der Waals surface area contributed by atoms with Gasteiger partial charge in [-0.2, -0.15) is 0 Å². The highest BCUT2D eigenvalue weighted by Gasteiger charge is 2.63. The molecule has 3 heterocycles. The van der Waals surface area contributed by atoms with Crippen LogP contribution in [0.5, 0.6) is 0 Å². The number of carbonyl (C=O) groups excluding carboxylic acids is 4. The molecule has 0 aliphatic carbocycles. The molecule has 0 N–H and O–H groups in total. The second kappa shape index (κ2) is 7.44. The molecule has 5 atom stereocenters. The molecular weight excluding hydrogens is 382 g/mol. The van der Waals surface area contributed by atoms with Gasteiger partial charge in [-0.1, -0.05) is 6.08 Å². The number of cyclic esters (lactones) is 1. The predicted octanol–water partition coefficient (Wildman–Crippen LogP) is 0.749. The van der Waals surface area contributed by atoms with Gasteiger partial charge >= 0.3 is 23.9 Å². The molecule has 2 fully saturated rings. The summed E-state index contributed by atoms with van der Waals surface area (Å²) in [6.07, 6.45) is 2.21. The van der Waals surface area contributed by atoms with E-state index in [4.69, 9.17) is 18.9 Å². The maximum Gasteiger partial charge on any atom is 0.354 e. The molecule has 0 unspecified atom stereocenters. The predicted molar refractivity (Wildman–Crippen MR) is 98.4 cm³/mol. The summed E-state index contributed by atoms with van der Waals surface area (Å²) < 4.78 is 22.1. The lowest BCUT2D eigenvalue weighted by atomic mass is 9.75. The molecule has 0 aromatic heterocycles. The normalized spacial score (nSPS) is 37.6. The summed E-state index contributed by atoms with van der Waals surface area (Å²) in [5.74, 6) is -4.16. The zero-order valence-electron chi connectivity index (χ0n) is 17.4. The van der Waals surface area contributed by atoms with Crippen LogP contribution in [0.2, 0.25) is 0 Å². The number of hydrogen-bond acceptors (Lipinski definition) is 9. The van der Waals surface area contributed by atoms with Gasteiger partial charge in [0.25, 0.3) is 0 Å². The Morgan fingerprint density at radius 1 is 1.17 bits per heavy atom. The molecule has 0 radical (unpaired) electrons. The van der Waals surface area contributed by atoms with Gasteiger partial charge in [-0.3, -0.25) is 19.3 Å². The van der Waals surface area contributed by atoms with E-state index in [1.165, 1.54) is 20.8 Å². The molecule has 2 saturated heterocycles. The minimum Gasteiger partial charge on any atom is -0.460 e. The van der Waals surface area contributed by atoms with Crippen molar-refractivity contribution in [3.63, 3.8) is 0 Å². The van der Waals surface area contributed by atoms with Crippen molar-refractivity contribution in [2.45, 2.75) is 64.4 Å². The maximum absolute atomic E-state index is 13.1. The molecule has 3 aliphatic heterocycles. The first-order valence-corrected chi connectivity index (χ1v) is 9.69. The van der Waals surface area contributed by atoms with Crippen LogP contribution in [0.1, 0.15) is 41.0 Å². The van der Waals surface area contributed by atoms with Gasteiger partial charge in [-0.05, 0) is 32.8 Å². The van der Waals surface area contributed by atoms with E-state index in [1.54, 1.807) is 0 Å². The van der Waals surface area contributed by atoms with E-state index < -0.39 is 47.1 Å². The highest BCUT2D eigenvalue weighted by molar-refractivity contribution is 5.87. The van der Waals surface area contributed by atoms with Crippen molar-refractivity contribution < 1.29 is 38.1 Å². The molecule has 160 valence electrons. The van der Waals surface area contributed by atoms with Crippen LogP contribution in [-0.2, 0) is 38.1 Å². The average molecular weight is 409 g/mol. The Hall–Kier alpha value is -2.42. The lowest BCUT2D eigenvalue weighted by Gasteiger charge is -2.44. The Kier molecular flexibility index (Phi) is 5.46. The van der Waals surface area contributed by atoms with Crippen molar-refractivity contribution in [2.24, 2.45) is 5.92 Å². The first kappa shape index (κ1) is 21.3. The Morgan fingerprint density at radius 3 is 2.45 bits per heavy atom. The standard InChI is InChI=1S/C20H27NO8/c1-11-17(24)27-15-7-9-21-8-6-14(16(15)21)10-26-18(25)20(5,29-13(3)23)19(11,4)28-12(2)22/h6,11,15-16H,7-10H2,1-5H3/t11-,15+,16+,19-,20-/m0/s1. The van der Waals surface area contributed by atoms with Gasteiger partial charge in [0.15, 0.2) is 5.60 Å². The smallest absolute Gasteiger partial charge is 0.354 e. The largest absolute Gasteiger partial charge is 0.460 e. The third-order valence-corrected chi connectivity index (χ3v) is 6.27. The van der Waals surface area contributed by atoms with Gasteiger partial charge in [0.1, 0.15) is 12.7 Å². The quantitative estimate of drug-likeness (QED) is 0.371. The van der Waals surface area contributed by atoms with Gasteiger partial charge in [-0.25, -0.2) is 4.79 Å². The minimum atomic E-state index is -2.05. The first-order valence-electron chi connectivity index (χ1n) is 9.69. The number of hydrogen-bond donors (Lipinski definition) is 0. The summed E-state index contributed by atoms with van der Waals surface area (Å²) in [5.41, 5.74) is -3.06. The minimum absolute atomic E-state index is 0.0323. The van der Waals surface area contributed by atoms with Crippen LogP contribution in [0, 0.1) is 5.92 Å². The molecule has 9 nitrogen and oxygen atoms in total. The van der Waals surface area contributed by atoms with Crippen LogP contribution >= 0.6 is 0 Å². The third kappa shape index (κ3) is 3.52. The van der Waals surface area contributed by atoms with Crippen molar-refractivity contribution in [1.82, 2.24) is 4.90 Å². The molecular formula is C20H27NO8. The lowest BCUT2D eigenvalue weighted by Crippen LogP contribution is -2.65. The summed E-state index contributed by atoms with van der Waals surface area (Å²) in [5, 5.41) is 0. The summed E-state index contributed by atoms with van der Waals surface area (Å²) in [6, 6.07) is -0.156. The lowest BCUT2D eigenvalue weighted by molar-refractivity contribution is -0.228. The number of carbonyl (C=O) groups is 4. The van der Waals surface area contributed by atoms with Crippen molar-refractivity contribution in [1.29, 1.82) is 0 Å². The zero-order chi connectivity index (χ0) is 21.6. The van der Waals surface area contributed by atoms with Crippen LogP contribution in [0.4, 0.5) is 0 Å². The van der Waals surface area contributed by atoms with Gasteiger partial charge in [-0.15, -0.1) is 0 Å². The van der Waals surface area contributed by atoms with Crippen molar-refractivity contribution in [3.05, 3.63) is 11.6 Å². The average Bonchev–Trinajstić information content (AvgIpc) is 3.19. The molecule has 29 heavy (non-hydrogen) atoms. The SMILES string of the molecule is CC(=O)O[C@@]1(C)C(=O)OCC2=CCN3CC[C@@H](OC(=O)[C@H](C)[C@]1(C)OC(C)=O)[C@@H]23. The maximum atomic E-state index is 13.1. The summed E-state index contributed by atoms with van der Waals surface area (Å²) in [6.45, 7) is 7.85. The van der Waals surface area contributed by atoms with Gasteiger partial charge in [0.05, 0.1) is 12.0 Å². The van der Waals surface area contributed by atoms with Crippen molar-refractivity contribution in [2.75, 3.05) is 19.7 Å². The molecule has 0 spiro atoms. The number of esters is 4. The van der Waals surface area contributed by atoms with E-state index in [1.807, 2.05) is 6.08 Å². The number of nitrogens with zero attached hydrogens (tertiary/aromatic N) is 1. The Labute approximate surface area is 169 Å². The van der Waals surface area contributed by atoms with Crippen LogP contribution in [-0.4, -0.2) is 71.8 Å². The second-order valence-electron chi connectivity index (χ2n) is 8.11. The van der Waals surface area contributed by atoms with Gasteiger partial charge in [0, 0.05) is 26.9 Å². The van der Waals surface area contributed by atoms with E-state index in [9.17, 15) is 19.2 Å². The Balaban J connectivity index is 2.08. The fraction of sp³-hybridized carbons (Fsp3) is 0.700. The molecule has 9 heteroatoms. The fourth-order valence-corrected chi connectivity index (χ4v) is 4.42. The van der Waals surface area contributed by atoms with Crippen LogP contribution < -0.4 is 0 Å². The molecule has 0 bridgehead atoms. The van der Waals surface area contributed by atoms with Crippen molar-refractivity contribution in [3.8, 4) is 0 Å². The molecule has 3 rings (SSSR count). The van der Waals surface area contributed by atoms with Crippen LogP contribution in [0.25, 0.3) is 0 Å². The molecule has 3 aliphatic rings. The van der Waals surface area contributed by atoms with Crippen molar-refractivity contribution >= 4 is 23.9 Å². The van der Waals surface area contributed by atoms with E-state index in [-0.39, 0.29) is 12.6 Å². The van der Waals surface area contributed by atoms with E-state index >= 15 is 0 Å². The zero-order valence-corrected chi connectivity index (χ0v) is 17.4. The first-order chi connectivity index (χ1) is 13.5. The summed E-state index contributed by atoms with van der Waals surface area (Å²) >= 11 is 0. The second-order valence-corrected chi connectivity index (χ2v) is 8.11. The fourth-order valence-electron chi connectivity index (χ4n) is 4.42. The monoisotopic (exact) mass is 409 g/mol. The third-order valence-electron chi connectivity index (χ3n) is 6.27. The molecule has 0 saturated carbocycles. The molecule has 0 aromatic rings. The van der Waals surface area contributed by atoms with Crippen LogP contribution in [0.3, 0.4) is 0 Å². The van der Waals surface area contributed by atoms with Gasteiger partial charge < -0.3 is 18.9 Å². The highest BCUT2D eigenvalue weighted by Crippen LogP contribution is 2.41. The number of ether oxygens (including phenoxy) is 4. The van der Waals surface area contributed by atoms with E-state index in [2.05, 4.69) is 4.90 Å². The topological polar surface area (TPSA) is 108 Å². The van der Waals surface area contributed by atoms with Gasteiger partial charge in [0.2, 0.25) is 5.60 Å². The van der Waals surface area contributed by atoms with E-state index in [0.717, 1.165) is 26.0 Å².